The summed E-state index contributed by atoms with van der Waals surface area (Å²) >= 11 is 0. The predicted octanol–water partition coefficient (Wildman–Crippen LogP) is 2.96. The van der Waals surface area contributed by atoms with Gasteiger partial charge in [0.15, 0.2) is 5.78 Å². The molecule has 0 atom stereocenters. The molecule has 0 aromatic heterocycles. The molecule has 6 heteroatoms. The van der Waals surface area contributed by atoms with Crippen molar-refractivity contribution in [1.29, 1.82) is 0 Å². The van der Waals surface area contributed by atoms with E-state index in [1.807, 2.05) is 6.92 Å². The van der Waals surface area contributed by atoms with Gasteiger partial charge in [0.25, 0.3) is 0 Å². The molecule has 2 aromatic carbocycles. The van der Waals surface area contributed by atoms with Crippen molar-refractivity contribution in [2.45, 2.75) is 20.3 Å². The summed E-state index contributed by atoms with van der Waals surface area (Å²) in [5, 5.41) is 29.1. The zero-order valence-electron chi connectivity index (χ0n) is 14.2. The van der Waals surface area contributed by atoms with Crippen molar-refractivity contribution in [3.05, 3.63) is 47.5 Å². The molecule has 6 nitrogen and oxygen atoms in total. The Hall–Kier alpha value is -3.02. The summed E-state index contributed by atoms with van der Waals surface area (Å²) < 4.78 is 5.32. The molecular formula is C19H21NO5. The molecule has 25 heavy (non-hydrogen) atoms. The second kappa shape index (κ2) is 8.19. The molecule has 2 rings (SSSR count). The van der Waals surface area contributed by atoms with E-state index in [0.717, 1.165) is 0 Å². The van der Waals surface area contributed by atoms with Gasteiger partial charge in [-0.1, -0.05) is 13.0 Å². The largest absolute Gasteiger partial charge is 0.508 e. The van der Waals surface area contributed by atoms with Crippen LogP contribution in [0.1, 0.15) is 24.5 Å². The predicted molar refractivity (Wildman–Crippen MR) is 94.8 cm³/mol. The van der Waals surface area contributed by atoms with Crippen LogP contribution in [0.25, 0.3) is 0 Å². The number of hydrogen-bond acceptors (Lipinski definition) is 6. The zero-order chi connectivity index (χ0) is 18.4. The van der Waals surface area contributed by atoms with Gasteiger partial charge in [-0.3, -0.25) is 9.79 Å². The SMILES string of the molecule is CCC(=NCC(=O)COc1cccc(O)c1)c1ccc(O)c(C)c1O. The minimum atomic E-state index is -0.232. The molecule has 3 N–H and O–H groups in total. The summed E-state index contributed by atoms with van der Waals surface area (Å²) in [4.78, 5) is 16.2. The number of aliphatic imine (C=N–C) groups is 1. The van der Waals surface area contributed by atoms with Gasteiger partial charge in [-0.2, -0.15) is 0 Å². The van der Waals surface area contributed by atoms with E-state index in [9.17, 15) is 20.1 Å². The number of aromatic hydroxyl groups is 3. The quantitative estimate of drug-likeness (QED) is 0.671. The molecule has 0 fully saturated rings. The highest BCUT2D eigenvalue weighted by Crippen LogP contribution is 2.30. The Kier molecular flexibility index (Phi) is 6.00. The summed E-state index contributed by atoms with van der Waals surface area (Å²) in [5.41, 5.74) is 1.45. The Labute approximate surface area is 146 Å². The Balaban J connectivity index is 2.03. The number of rotatable bonds is 7. The van der Waals surface area contributed by atoms with Crippen LogP contribution < -0.4 is 4.74 Å². The highest BCUT2D eigenvalue weighted by atomic mass is 16.5. The zero-order valence-corrected chi connectivity index (χ0v) is 14.2. The van der Waals surface area contributed by atoms with Crippen LogP contribution >= 0.6 is 0 Å². The maximum atomic E-state index is 12.0. The van der Waals surface area contributed by atoms with E-state index in [1.165, 1.54) is 18.2 Å². The van der Waals surface area contributed by atoms with Gasteiger partial charge < -0.3 is 20.1 Å². The lowest BCUT2D eigenvalue weighted by molar-refractivity contribution is -0.119. The first-order chi connectivity index (χ1) is 11.9. The Morgan fingerprint density at radius 1 is 1.16 bits per heavy atom. The van der Waals surface area contributed by atoms with Crippen LogP contribution in [0.3, 0.4) is 0 Å². The third-order valence-corrected chi connectivity index (χ3v) is 3.71. The highest BCUT2D eigenvalue weighted by Gasteiger charge is 2.13. The summed E-state index contributed by atoms with van der Waals surface area (Å²) in [5.74, 6) is 0.204. The van der Waals surface area contributed by atoms with Crippen molar-refractivity contribution in [3.63, 3.8) is 0 Å². The van der Waals surface area contributed by atoms with Crippen molar-refractivity contribution in [2.24, 2.45) is 4.99 Å². The first-order valence-corrected chi connectivity index (χ1v) is 7.91. The van der Waals surface area contributed by atoms with Crippen LogP contribution in [-0.2, 0) is 4.79 Å². The molecule has 0 bridgehead atoms. The molecule has 0 aliphatic carbocycles. The van der Waals surface area contributed by atoms with Gasteiger partial charge in [0.05, 0.1) is 0 Å². The van der Waals surface area contributed by atoms with E-state index in [-0.39, 0.29) is 36.2 Å². The highest BCUT2D eigenvalue weighted by molar-refractivity contribution is 6.04. The average Bonchev–Trinajstić information content (AvgIpc) is 2.60. The molecule has 0 spiro atoms. The lowest BCUT2D eigenvalue weighted by Crippen LogP contribution is -2.15. The Morgan fingerprint density at radius 2 is 1.92 bits per heavy atom. The standard InChI is InChI=1S/C19H21NO5/c1-3-17(16-7-8-18(23)12(2)19(16)24)20-10-14(22)11-25-15-6-4-5-13(21)9-15/h4-9,21,23-24H,3,10-11H2,1-2H3. The van der Waals surface area contributed by atoms with Crippen LogP contribution in [0.2, 0.25) is 0 Å². The Morgan fingerprint density at radius 3 is 2.60 bits per heavy atom. The van der Waals surface area contributed by atoms with Crippen molar-refractivity contribution < 1.29 is 24.9 Å². The lowest BCUT2D eigenvalue weighted by atomic mass is 10.0. The van der Waals surface area contributed by atoms with Crippen LogP contribution in [0, 0.1) is 6.92 Å². The molecule has 0 aliphatic rings. The van der Waals surface area contributed by atoms with Crippen LogP contribution in [0.5, 0.6) is 23.0 Å². The summed E-state index contributed by atoms with van der Waals surface area (Å²) in [6, 6.07) is 9.27. The van der Waals surface area contributed by atoms with Gasteiger partial charge >= 0.3 is 0 Å². The van der Waals surface area contributed by atoms with Gasteiger partial charge in [-0.25, -0.2) is 0 Å². The van der Waals surface area contributed by atoms with Gasteiger partial charge in [0, 0.05) is 22.9 Å². The fourth-order valence-electron chi connectivity index (χ4n) is 2.28. The third kappa shape index (κ3) is 4.73. The van der Waals surface area contributed by atoms with Crippen LogP contribution in [-0.4, -0.2) is 40.0 Å². The molecule has 0 aliphatic heterocycles. The van der Waals surface area contributed by atoms with Gasteiger partial charge in [0.1, 0.15) is 36.1 Å². The number of phenols is 3. The first kappa shape index (κ1) is 18.3. The summed E-state index contributed by atoms with van der Waals surface area (Å²) in [7, 11) is 0. The number of nitrogens with zero attached hydrogens (tertiary/aromatic N) is 1. The average molecular weight is 343 g/mol. The summed E-state index contributed by atoms with van der Waals surface area (Å²) in [6.45, 7) is 3.23. The van der Waals surface area contributed by atoms with E-state index in [4.69, 9.17) is 4.74 Å². The fourth-order valence-corrected chi connectivity index (χ4v) is 2.28. The molecule has 0 heterocycles. The number of hydrogen-bond donors (Lipinski definition) is 3. The maximum Gasteiger partial charge on any atom is 0.191 e. The second-order valence-electron chi connectivity index (χ2n) is 5.55. The number of ether oxygens (including phenoxy) is 1. The molecule has 0 amide bonds. The third-order valence-electron chi connectivity index (χ3n) is 3.71. The van der Waals surface area contributed by atoms with Crippen molar-refractivity contribution in [2.75, 3.05) is 13.2 Å². The minimum Gasteiger partial charge on any atom is -0.508 e. The number of Topliss-reactive ketones (excluding diaryl/α,β-unsaturated/α-hetero) is 1. The number of ketones is 1. The van der Waals surface area contributed by atoms with Crippen molar-refractivity contribution in [3.8, 4) is 23.0 Å². The molecule has 0 saturated heterocycles. The van der Waals surface area contributed by atoms with E-state index in [0.29, 0.717) is 29.0 Å². The topological polar surface area (TPSA) is 99.4 Å². The number of carbonyl (C=O) groups is 1. The van der Waals surface area contributed by atoms with E-state index in [1.54, 1.807) is 25.1 Å². The van der Waals surface area contributed by atoms with E-state index in [2.05, 4.69) is 4.99 Å². The van der Waals surface area contributed by atoms with Gasteiger partial charge in [-0.15, -0.1) is 0 Å². The maximum absolute atomic E-state index is 12.0. The number of benzene rings is 2. The normalized spacial score (nSPS) is 11.4. The molecular weight excluding hydrogens is 322 g/mol. The minimum absolute atomic E-state index is 0.00675. The lowest BCUT2D eigenvalue weighted by Gasteiger charge is -2.10. The van der Waals surface area contributed by atoms with E-state index >= 15 is 0 Å². The smallest absolute Gasteiger partial charge is 0.191 e. The van der Waals surface area contributed by atoms with Gasteiger partial charge in [0.2, 0.25) is 0 Å². The number of phenolic OH excluding ortho intramolecular Hbond substituents is 3. The summed E-state index contributed by atoms with van der Waals surface area (Å²) in [6.07, 6.45) is 0.526. The van der Waals surface area contributed by atoms with Crippen molar-refractivity contribution in [1.82, 2.24) is 0 Å². The van der Waals surface area contributed by atoms with E-state index < -0.39 is 0 Å². The monoisotopic (exact) mass is 343 g/mol. The fraction of sp³-hybridized carbons (Fsp3) is 0.263. The second-order valence-corrected chi connectivity index (χ2v) is 5.55. The first-order valence-electron chi connectivity index (χ1n) is 7.91. The van der Waals surface area contributed by atoms with Crippen LogP contribution in [0.4, 0.5) is 0 Å². The van der Waals surface area contributed by atoms with Crippen LogP contribution in [0.15, 0.2) is 41.4 Å². The molecule has 2 aromatic rings. The molecule has 132 valence electrons. The molecule has 0 radical (unpaired) electrons. The molecule has 0 saturated carbocycles. The Bertz CT molecular complexity index is 798. The van der Waals surface area contributed by atoms with Crippen molar-refractivity contribution >= 4 is 11.5 Å². The van der Waals surface area contributed by atoms with Gasteiger partial charge in [-0.05, 0) is 37.6 Å². The number of carbonyl (C=O) groups excluding carboxylic acids is 1. The molecule has 0 unspecified atom stereocenters.